The number of alkyl carbamates (subject to hydrolysis) is 1. The summed E-state index contributed by atoms with van der Waals surface area (Å²) in [6.45, 7) is 3.74. The number of pyridine rings is 1. The Morgan fingerprint density at radius 1 is 1.03 bits per heavy atom. The van der Waals surface area contributed by atoms with Crippen molar-refractivity contribution in [2.24, 2.45) is 11.5 Å². The van der Waals surface area contributed by atoms with Crippen LogP contribution >= 0.6 is 0 Å². The standard InChI is InChI=1S/C26H35N7O6/c1-26(2,28)24(35)30-20(17-37-15-18-8-4-3-5-9-18)23-32-31-21-11-6-10-19(33(21)23)16-39-25(36)29-12-7-13-38-22(34)14-27/h3-6,8-11,20H,7,12-17,27-28H2,1-2H3,(H,29,36)(H,30,35)/t20-/m1/s1. The largest absolute Gasteiger partial charge is 0.465 e. The lowest BCUT2D eigenvalue weighted by Crippen LogP contribution is -2.51. The van der Waals surface area contributed by atoms with Crippen molar-refractivity contribution in [1.82, 2.24) is 25.2 Å². The lowest BCUT2D eigenvalue weighted by atomic mass is 10.1. The van der Waals surface area contributed by atoms with Crippen molar-refractivity contribution in [3.05, 3.63) is 65.6 Å². The molecule has 0 radical (unpaired) electrons. The van der Waals surface area contributed by atoms with E-state index in [0.717, 1.165) is 5.56 Å². The Morgan fingerprint density at radius 3 is 2.51 bits per heavy atom. The smallest absolute Gasteiger partial charge is 0.407 e. The fraction of sp³-hybridized carbons (Fsp3) is 0.423. The van der Waals surface area contributed by atoms with E-state index in [0.29, 0.717) is 30.2 Å². The highest BCUT2D eigenvalue weighted by Crippen LogP contribution is 2.18. The van der Waals surface area contributed by atoms with Gasteiger partial charge in [0.1, 0.15) is 12.6 Å². The Labute approximate surface area is 226 Å². The molecule has 0 saturated heterocycles. The Morgan fingerprint density at radius 2 is 1.79 bits per heavy atom. The van der Waals surface area contributed by atoms with Crippen LogP contribution in [0.4, 0.5) is 4.79 Å². The van der Waals surface area contributed by atoms with Crippen LogP contribution in [0.15, 0.2) is 48.5 Å². The fourth-order valence-corrected chi connectivity index (χ4v) is 3.46. The van der Waals surface area contributed by atoms with Crippen LogP contribution in [0.5, 0.6) is 0 Å². The molecule has 6 N–H and O–H groups in total. The summed E-state index contributed by atoms with van der Waals surface area (Å²) in [4.78, 5) is 36.0. The van der Waals surface area contributed by atoms with Crippen molar-refractivity contribution in [2.45, 2.75) is 45.1 Å². The maximum absolute atomic E-state index is 12.8. The van der Waals surface area contributed by atoms with Gasteiger partial charge >= 0.3 is 12.1 Å². The minimum absolute atomic E-state index is 0.0930. The summed E-state index contributed by atoms with van der Waals surface area (Å²) in [5.74, 6) is -0.500. The van der Waals surface area contributed by atoms with Crippen LogP contribution in [0, 0.1) is 0 Å². The molecule has 2 heterocycles. The number of nitrogens with one attached hydrogen (secondary N) is 2. The summed E-state index contributed by atoms with van der Waals surface area (Å²) in [7, 11) is 0. The molecule has 1 aromatic carbocycles. The number of ether oxygens (including phenoxy) is 3. The molecule has 0 aliphatic rings. The number of carbonyl (C=O) groups excluding carboxylic acids is 3. The van der Waals surface area contributed by atoms with Gasteiger partial charge in [-0.05, 0) is 38.0 Å². The number of amides is 2. The quantitative estimate of drug-likeness (QED) is 0.169. The van der Waals surface area contributed by atoms with Gasteiger partial charge in [-0.15, -0.1) is 10.2 Å². The summed E-state index contributed by atoms with van der Waals surface area (Å²) in [6.07, 6.45) is -0.235. The van der Waals surface area contributed by atoms with Crippen LogP contribution in [0.2, 0.25) is 0 Å². The molecule has 0 aliphatic carbocycles. The third-order valence-corrected chi connectivity index (χ3v) is 5.50. The molecule has 0 spiro atoms. The highest BCUT2D eigenvalue weighted by Gasteiger charge is 2.28. The molecule has 13 nitrogen and oxygen atoms in total. The van der Waals surface area contributed by atoms with Crippen LogP contribution in [0.25, 0.3) is 5.65 Å². The van der Waals surface area contributed by atoms with Crippen molar-refractivity contribution >= 4 is 23.6 Å². The van der Waals surface area contributed by atoms with E-state index in [2.05, 4.69) is 20.8 Å². The van der Waals surface area contributed by atoms with E-state index in [1.807, 2.05) is 30.3 Å². The zero-order valence-corrected chi connectivity index (χ0v) is 22.1. The average molecular weight is 542 g/mol. The third-order valence-electron chi connectivity index (χ3n) is 5.50. The number of aromatic nitrogens is 3. The second-order valence-corrected chi connectivity index (χ2v) is 9.30. The van der Waals surface area contributed by atoms with Gasteiger partial charge in [0.2, 0.25) is 5.91 Å². The van der Waals surface area contributed by atoms with E-state index in [9.17, 15) is 14.4 Å². The SMILES string of the molecule is CC(C)(N)C(=O)N[C@H](COCc1ccccc1)c1nnc2cccc(COC(=O)NCCCOC(=O)CN)n12. The first-order valence-corrected chi connectivity index (χ1v) is 12.5. The molecule has 39 heavy (non-hydrogen) atoms. The number of nitrogens with zero attached hydrogens (tertiary/aromatic N) is 3. The molecule has 0 bridgehead atoms. The number of hydrogen-bond donors (Lipinski definition) is 4. The van der Waals surface area contributed by atoms with E-state index in [-0.39, 0.29) is 32.9 Å². The van der Waals surface area contributed by atoms with E-state index >= 15 is 0 Å². The lowest BCUT2D eigenvalue weighted by molar-refractivity contribution is -0.141. The predicted octanol–water partition coefficient (Wildman–Crippen LogP) is 0.959. The average Bonchev–Trinajstić information content (AvgIpc) is 3.35. The zero-order chi connectivity index (χ0) is 28.3. The second-order valence-electron chi connectivity index (χ2n) is 9.30. The minimum Gasteiger partial charge on any atom is -0.465 e. The van der Waals surface area contributed by atoms with Crippen molar-refractivity contribution in [2.75, 3.05) is 26.3 Å². The maximum Gasteiger partial charge on any atom is 0.407 e. The summed E-state index contributed by atoms with van der Waals surface area (Å²) in [5.41, 5.74) is 12.1. The van der Waals surface area contributed by atoms with E-state index in [1.165, 1.54) is 0 Å². The number of fused-ring (bicyclic) bond motifs is 1. The maximum atomic E-state index is 12.8. The molecule has 210 valence electrons. The van der Waals surface area contributed by atoms with Crippen molar-refractivity contribution in [1.29, 1.82) is 0 Å². The molecule has 3 aromatic rings. The molecular weight excluding hydrogens is 506 g/mol. The Balaban J connectivity index is 1.70. The summed E-state index contributed by atoms with van der Waals surface area (Å²) < 4.78 is 17.9. The van der Waals surface area contributed by atoms with Gasteiger partial charge in [0, 0.05) is 6.54 Å². The molecule has 0 saturated carbocycles. The number of rotatable bonds is 14. The number of benzene rings is 1. The van der Waals surface area contributed by atoms with E-state index in [4.69, 9.17) is 25.7 Å². The molecule has 0 aliphatic heterocycles. The van der Waals surface area contributed by atoms with Crippen molar-refractivity contribution < 1.29 is 28.6 Å². The Hall–Kier alpha value is -4.07. The van der Waals surface area contributed by atoms with Gasteiger partial charge in [0.05, 0.1) is 37.6 Å². The summed E-state index contributed by atoms with van der Waals surface area (Å²) in [5, 5.41) is 14.0. The fourth-order valence-electron chi connectivity index (χ4n) is 3.46. The van der Waals surface area contributed by atoms with Gasteiger partial charge in [0.15, 0.2) is 11.5 Å². The number of carbonyl (C=O) groups is 3. The molecule has 2 amide bonds. The van der Waals surface area contributed by atoms with Crippen molar-refractivity contribution in [3.8, 4) is 0 Å². The second kappa shape index (κ2) is 14.2. The zero-order valence-electron chi connectivity index (χ0n) is 22.1. The normalized spacial score (nSPS) is 12.1. The number of nitrogens with two attached hydrogens (primary N) is 2. The highest BCUT2D eigenvalue weighted by atomic mass is 16.5. The van der Waals surface area contributed by atoms with Crippen LogP contribution < -0.4 is 22.1 Å². The van der Waals surface area contributed by atoms with E-state index < -0.39 is 29.6 Å². The molecule has 0 fully saturated rings. The first kappa shape index (κ1) is 29.5. The molecule has 0 unspecified atom stereocenters. The first-order chi connectivity index (χ1) is 18.7. The van der Waals surface area contributed by atoms with Gasteiger partial charge < -0.3 is 36.3 Å². The molecule has 3 rings (SSSR count). The first-order valence-electron chi connectivity index (χ1n) is 12.5. The number of esters is 1. The monoisotopic (exact) mass is 541 g/mol. The van der Waals surface area contributed by atoms with E-state index in [1.54, 1.807) is 36.4 Å². The predicted molar refractivity (Wildman–Crippen MR) is 141 cm³/mol. The van der Waals surface area contributed by atoms with Gasteiger partial charge in [-0.1, -0.05) is 36.4 Å². The summed E-state index contributed by atoms with van der Waals surface area (Å²) in [6, 6.07) is 14.2. The molecular formula is C26H35N7O6. The van der Waals surface area contributed by atoms with Gasteiger partial charge in [0.25, 0.3) is 0 Å². The summed E-state index contributed by atoms with van der Waals surface area (Å²) >= 11 is 0. The van der Waals surface area contributed by atoms with Gasteiger partial charge in [-0.2, -0.15) is 0 Å². The van der Waals surface area contributed by atoms with Gasteiger partial charge in [-0.25, -0.2) is 4.79 Å². The highest BCUT2D eigenvalue weighted by molar-refractivity contribution is 5.85. The van der Waals surface area contributed by atoms with Crippen molar-refractivity contribution in [3.63, 3.8) is 0 Å². The Kier molecular flexibility index (Phi) is 10.7. The third kappa shape index (κ3) is 9.02. The lowest BCUT2D eigenvalue weighted by Gasteiger charge is -2.24. The molecule has 2 aromatic heterocycles. The van der Waals surface area contributed by atoms with Crippen LogP contribution in [-0.2, 0) is 37.0 Å². The molecule has 1 atom stereocenters. The Bertz CT molecular complexity index is 1240. The van der Waals surface area contributed by atoms with Crippen LogP contribution in [-0.4, -0.2) is 64.4 Å². The van der Waals surface area contributed by atoms with Crippen LogP contribution in [0.1, 0.15) is 43.4 Å². The molecule has 13 heteroatoms. The topological polar surface area (TPSA) is 185 Å². The van der Waals surface area contributed by atoms with Crippen LogP contribution in [0.3, 0.4) is 0 Å². The minimum atomic E-state index is -1.13. The van der Waals surface area contributed by atoms with Gasteiger partial charge in [-0.3, -0.25) is 14.0 Å². The number of hydrogen-bond acceptors (Lipinski definition) is 10.